The van der Waals surface area contributed by atoms with Gasteiger partial charge in [-0.25, -0.2) is 4.39 Å². The quantitative estimate of drug-likeness (QED) is 0.887. The van der Waals surface area contributed by atoms with Crippen molar-refractivity contribution in [3.8, 4) is 5.75 Å². The second kappa shape index (κ2) is 6.91. The summed E-state index contributed by atoms with van der Waals surface area (Å²) in [7, 11) is 0. The van der Waals surface area contributed by atoms with Gasteiger partial charge in [-0.1, -0.05) is 23.7 Å². The zero-order chi connectivity index (χ0) is 16.1. The molecule has 0 aliphatic rings. The average molecular weight is 323 g/mol. The number of hydrogen-bond donors (Lipinski definition) is 2. The molecule has 22 heavy (non-hydrogen) atoms. The third-order valence-corrected chi connectivity index (χ3v) is 2.91. The molecule has 0 heterocycles. The topological polar surface area (TPSA) is 81.4 Å². The number of primary amides is 1. The van der Waals surface area contributed by atoms with Crippen LogP contribution in [0.5, 0.6) is 5.75 Å². The van der Waals surface area contributed by atoms with E-state index in [1.165, 1.54) is 24.3 Å². The normalized spacial score (nSPS) is 10.1. The third kappa shape index (κ3) is 3.95. The van der Waals surface area contributed by atoms with Crippen molar-refractivity contribution >= 4 is 29.1 Å². The van der Waals surface area contributed by atoms with Crippen LogP contribution in [-0.2, 0) is 4.79 Å². The highest BCUT2D eigenvalue weighted by atomic mass is 35.5. The van der Waals surface area contributed by atoms with E-state index in [2.05, 4.69) is 5.32 Å². The summed E-state index contributed by atoms with van der Waals surface area (Å²) in [5, 5.41) is 2.69. The summed E-state index contributed by atoms with van der Waals surface area (Å²) in [5.74, 6) is -1.72. The lowest BCUT2D eigenvalue weighted by molar-refractivity contribution is -0.119. The Hall–Kier alpha value is -2.60. The first-order valence-corrected chi connectivity index (χ1v) is 6.61. The molecule has 0 aliphatic carbocycles. The summed E-state index contributed by atoms with van der Waals surface area (Å²) in [4.78, 5) is 23.0. The molecule has 0 bridgehead atoms. The maximum absolute atomic E-state index is 13.6. The second-order valence-corrected chi connectivity index (χ2v) is 4.77. The predicted octanol–water partition coefficient (Wildman–Crippen LogP) is 2.60. The van der Waals surface area contributed by atoms with Crippen LogP contribution < -0.4 is 15.8 Å². The number of benzene rings is 2. The Morgan fingerprint density at radius 1 is 1.23 bits per heavy atom. The van der Waals surface area contributed by atoms with Crippen molar-refractivity contribution in [3.63, 3.8) is 0 Å². The molecule has 0 aliphatic heterocycles. The number of halogens is 2. The largest absolute Gasteiger partial charge is 0.483 e. The van der Waals surface area contributed by atoms with E-state index in [9.17, 15) is 14.0 Å². The molecule has 3 N–H and O–H groups in total. The fourth-order valence-electron chi connectivity index (χ4n) is 1.71. The molecule has 0 radical (unpaired) electrons. The van der Waals surface area contributed by atoms with Gasteiger partial charge >= 0.3 is 0 Å². The molecule has 2 amide bonds. The predicted molar refractivity (Wildman–Crippen MR) is 80.5 cm³/mol. The smallest absolute Gasteiger partial charge is 0.259 e. The number of nitrogens with two attached hydrogens (primary N) is 1. The van der Waals surface area contributed by atoms with Crippen LogP contribution in [0.2, 0.25) is 5.02 Å². The van der Waals surface area contributed by atoms with Crippen LogP contribution in [0.3, 0.4) is 0 Å². The molecule has 0 unspecified atom stereocenters. The summed E-state index contributed by atoms with van der Waals surface area (Å²) in [6.07, 6.45) is 0. The standard InChI is InChI=1S/C15H12ClFN2O3/c16-9-5-6-11(17)12(7-9)19-15(21)10-3-1-2-4-13(10)22-8-14(18)20/h1-7H,8H2,(H2,18,20)(H,19,21). The lowest BCUT2D eigenvalue weighted by Crippen LogP contribution is -2.21. The highest BCUT2D eigenvalue weighted by Crippen LogP contribution is 2.23. The van der Waals surface area contributed by atoms with Gasteiger partial charge in [0.1, 0.15) is 11.6 Å². The van der Waals surface area contributed by atoms with Crippen molar-refractivity contribution in [1.29, 1.82) is 0 Å². The zero-order valence-corrected chi connectivity index (χ0v) is 12.1. The van der Waals surface area contributed by atoms with Crippen LogP contribution in [0.15, 0.2) is 42.5 Å². The van der Waals surface area contributed by atoms with Crippen molar-refractivity contribution in [3.05, 3.63) is 58.9 Å². The SMILES string of the molecule is NC(=O)COc1ccccc1C(=O)Nc1cc(Cl)ccc1F. The molecule has 2 aromatic carbocycles. The Morgan fingerprint density at radius 3 is 2.68 bits per heavy atom. The van der Waals surface area contributed by atoms with Gasteiger partial charge in [-0.3, -0.25) is 9.59 Å². The Balaban J connectivity index is 2.22. The van der Waals surface area contributed by atoms with E-state index in [0.29, 0.717) is 0 Å². The molecule has 2 aromatic rings. The summed E-state index contributed by atoms with van der Waals surface area (Å²) in [6, 6.07) is 10.0. The van der Waals surface area contributed by atoms with E-state index in [1.54, 1.807) is 12.1 Å². The van der Waals surface area contributed by atoms with Gasteiger partial charge in [0, 0.05) is 5.02 Å². The number of nitrogens with one attached hydrogen (secondary N) is 1. The Morgan fingerprint density at radius 2 is 1.95 bits per heavy atom. The molecule has 0 saturated carbocycles. The van der Waals surface area contributed by atoms with Crippen molar-refractivity contribution in [1.82, 2.24) is 0 Å². The molecular weight excluding hydrogens is 311 g/mol. The fourth-order valence-corrected chi connectivity index (χ4v) is 1.88. The minimum Gasteiger partial charge on any atom is -0.483 e. The number of rotatable bonds is 5. The average Bonchev–Trinajstić information content (AvgIpc) is 2.49. The first-order chi connectivity index (χ1) is 10.5. The van der Waals surface area contributed by atoms with Crippen LogP contribution in [0.1, 0.15) is 10.4 Å². The van der Waals surface area contributed by atoms with Crippen LogP contribution in [0, 0.1) is 5.82 Å². The minimum atomic E-state index is -0.670. The number of ether oxygens (including phenoxy) is 1. The van der Waals surface area contributed by atoms with Crippen LogP contribution in [0.25, 0.3) is 0 Å². The van der Waals surface area contributed by atoms with Gasteiger partial charge in [0.15, 0.2) is 6.61 Å². The van der Waals surface area contributed by atoms with E-state index in [-0.39, 0.29) is 28.6 Å². The number of carbonyl (C=O) groups is 2. The molecule has 7 heteroatoms. The Kier molecular flexibility index (Phi) is 4.95. The van der Waals surface area contributed by atoms with Gasteiger partial charge in [0.25, 0.3) is 11.8 Å². The molecule has 0 fully saturated rings. The molecule has 114 valence electrons. The van der Waals surface area contributed by atoms with Crippen molar-refractivity contribution in [2.45, 2.75) is 0 Å². The number of anilines is 1. The molecule has 0 aromatic heterocycles. The van der Waals surface area contributed by atoms with Gasteiger partial charge < -0.3 is 15.8 Å². The molecule has 0 saturated heterocycles. The fraction of sp³-hybridized carbons (Fsp3) is 0.0667. The van der Waals surface area contributed by atoms with Crippen LogP contribution in [-0.4, -0.2) is 18.4 Å². The number of para-hydroxylation sites is 1. The molecule has 0 atom stereocenters. The molecular formula is C15H12ClFN2O3. The van der Waals surface area contributed by atoms with Crippen molar-refractivity contribution in [2.75, 3.05) is 11.9 Å². The summed E-state index contributed by atoms with van der Waals surface area (Å²) >= 11 is 5.77. The monoisotopic (exact) mass is 322 g/mol. The van der Waals surface area contributed by atoms with Gasteiger partial charge in [0.2, 0.25) is 0 Å². The maximum atomic E-state index is 13.6. The van der Waals surface area contributed by atoms with Crippen LogP contribution >= 0.6 is 11.6 Å². The Bertz CT molecular complexity index is 722. The van der Waals surface area contributed by atoms with Gasteiger partial charge in [-0.2, -0.15) is 0 Å². The number of amides is 2. The van der Waals surface area contributed by atoms with Gasteiger partial charge in [-0.15, -0.1) is 0 Å². The maximum Gasteiger partial charge on any atom is 0.259 e. The second-order valence-electron chi connectivity index (χ2n) is 4.33. The third-order valence-electron chi connectivity index (χ3n) is 2.68. The van der Waals surface area contributed by atoms with Crippen molar-refractivity contribution < 1.29 is 18.7 Å². The van der Waals surface area contributed by atoms with Crippen LogP contribution in [0.4, 0.5) is 10.1 Å². The summed E-state index contributed by atoms with van der Waals surface area (Å²) in [5.41, 5.74) is 5.09. The Labute approximate surface area is 130 Å². The van der Waals surface area contributed by atoms with E-state index >= 15 is 0 Å². The number of carbonyl (C=O) groups excluding carboxylic acids is 2. The molecule has 0 spiro atoms. The van der Waals surface area contributed by atoms with Gasteiger partial charge in [-0.05, 0) is 30.3 Å². The molecule has 5 nitrogen and oxygen atoms in total. The zero-order valence-electron chi connectivity index (χ0n) is 11.3. The number of hydrogen-bond acceptors (Lipinski definition) is 3. The van der Waals surface area contributed by atoms with E-state index in [0.717, 1.165) is 6.07 Å². The summed E-state index contributed by atoms with van der Waals surface area (Å²) < 4.78 is 18.8. The first kappa shape index (κ1) is 15.8. The summed E-state index contributed by atoms with van der Waals surface area (Å²) in [6.45, 7) is -0.365. The lowest BCUT2D eigenvalue weighted by atomic mass is 10.2. The van der Waals surface area contributed by atoms with Crippen molar-refractivity contribution in [2.24, 2.45) is 5.73 Å². The minimum absolute atomic E-state index is 0.0535. The highest BCUT2D eigenvalue weighted by Gasteiger charge is 2.15. The van der Waals surface area contributed by atoms with Gasteiger partial charge in [0.05, 0.1) is 11.3 Å². The van der Waals surface area contributed by atoms with E-state index < -0.39 is 17.6 Å². The lowest BCUT2D eigenvalue weighted by Gasteiger charge is -2.11. The van der Waals surface area contributed by atoms with E-state index in [4.69, 9.17) is 22.1 Å². The van der Waals surface area contributed by atoms with E-state index in [1.807, 2.05) is 0 Å². The molecule has 2 rings (SSSR count). The first-order valence-electron chi connectivity index (χ1n) is 6.24. The highest BCUT2D eigenvalue weighted by molar-refractivity contribution is 6.31.